The van der Waals surface area contributed by atoms with E-state index in [1.807, 2.05) is 6.07 Å². The van der Waals surface area contributed by atoms with Crippen LogP contribution in [0.1, 0.15) is 50.6 Å². The molecule has 0 aliphatic heterocycles. The van der Waals surface area contributed by atoms with Gasteiger partial charge in [-0.05, 0) is 19.3 Å². The second-order valence-electron chi connectivity index (χ2n) is 4.18. The minimum atomic E-state index is 0.0310. The van der Waals surface area contributed by atoms with Crippen LogP contribution in [0.5, 0.6) is 0 Å². The van der Waals surface area contributed by atoms with E-state index in [2.05, 4.69) is 11.9 Å². The lowest BCUT2D eigenvalue weighted by Gasteiger charge is -2.22. The molecule has 0 atom stereocenters. The molecule has 4 nitrogen and oxygen atoms in total. The van der Waals surface area contributed by atoms with Gasteiger partial charge in [-0.1, -0.05) is 19.8 Å². The Bertz CT molecular complexity index is 396. The molecule has 4 heteroatoms. The van der Waals surface area contributed by atoms with Gasteiger partial charge in [0.25, 0.3) is 0 Å². The highest BCUT2D eigenvalue weighted by atomic mass is 16.4. The fraction of sp³-hybridized carbons (Fsp3) is 0.636. The van der Waals surface area contributed by atoms with Crippen molar-refractivity contribution in [3.63, 3.8) is 0 Å². The van der Waals surface area contributed by atoms with E-state index in [-0.39, 0.29) is 17.0 Å². The van der Waals surface area contributed by atoms with Crippen molar-refractivity contribution in [1.29, 1.82) is 5.26 Å². The Balaban J connectivity index is 2.39. The van der Waals surface area contributed by atoms with Crippen LogP contribution in [-0.2, 0) is 5.41 Å². The van der Waals surface area contributed by atoms with Crippen LogP contribution in [0.2, 0.25) is 0 Å². The Morgan fingerprint density at radius 1 is 1.53 bits per heavy atom. The minimum Gasteiger partial charge on any atom is -0.423 e. The Labute approximate surface area is 89.1 Å². The van der Waals surface area contributed by atoms with E-state index < -0.39 is 0 Å². The van der Waals surface area contributed by atoms with Crippen molar-refractivity contribution in [2.45, 2.75) is 44.4 Å². The molecule has 0 radical (unpaired) electrons. The third-order valence-corrected chi connectivity index (χ3v) is 3.45. The lowest BCUT2D eigenvalue weighted by Crippen LogP contribution is -2.21. The monoisotopic (exact) mass is 205 g/mol. The Kier molecular flexibility index (Phi) is 2.39. The first kappa shape index (κ1) is 10.0. The number of aromatic nitrogens is 1. The summed E-state index contributed by atoms with van der Waals surface area (Å²) in [4.78, 5) is 4.20. The Morgan fingerprint density at radius 2 is 2.20 bits per heavy atom. The normalized spacial score (nSPS) is 18.9. The summed E-state index contributed by atoms with van der Waals surface area (Å²) in [5, 5.41) is 8.78. The van der Waals surface area contributed by atoms with Gasteiger partial charge in [-0.25, -0.2) is 0 Å². The second kappa shape index (κ2) is 3.58. The Hall–Kier alpha value is -1.50. The van der Waals surface area contributed by atoms with Crippen LogP contribution in [0.25, 0.3) is 0 Å². The van der Waals surface area contributed by atoms with E-state index in [4.69, 9.17) is 15.4 Å². The number of nitriles is 1. The third kappa shape index (κ3) is 1.48. The fourth-order valence-electron chi connectivity index (χ4n) is 2.41. The molecule has 1 aromatic heterocycles. The molecule has 0 spiro atoms. The van der Waals surface area contributed by atoms with Crippen LogP contribution in [0.15, 0.2) is 4.42 Å². The first-order valence-electron chi connectivity index (χ1n) is 5.39. The van der Waals surface area contributed by atoms with Crippen LogP contribution < -0.4 is 5.73 Å². The van der Waals surface area contributed by atoms with Gasteiger partial charge in [0.05, 0.1) is 0 Å². The van der Waals surface area contributed by atoms with E-state index in [9.17, 15) is 0 Å². The minimum absolute atomic E-state index is 0.0310. The summed E-state index contributed by atoms with van der Waals surface area (Å²) < 4.78 is 5.43. The van der Waals surface area contributed by atoms with Gasteiger partial charge in [0.1, 0.15) is 6.07 Å². The topological polar surface area (TPSA) is 75.8 Å². The third-order valence-electron chi connectivity index (χ3n) is 3.45. The molecule has 0 aromatic carbocycles. The molecule has 15 heavy (non-hydrogen) atoms. The molecule has 1 fully saturated rings. The fourth-order valence-corrected chi connectivity index (χ4v) is 2.41. The zero-order chi connectivity index (χ0) is 10.9. The molecule has 1 aromatic rings. The first-order chi connectivity index (χ1) is 7.22. The molecule has 1 saturated carbocycles. The maximum Gasteiger partial charge on any atom is 0.229 e. The van der Waals surface area contributed by atoms with Crippen molar-refractivity contribution >= 4 is 5.88 Å². The zero-order valence-corrected chi connectivity index (χ0v) is 8.92. The number of oxazole rings is 1. The molecule has 2 N–H and O–H groups in total. The summed E-state index contributed by atoms with van der Waals surface area (Å²) in [5.41, 5.74) is 5.84. The summed E-state index contributed by atoms with van der Waals surface area (Å²) in [6.07, 6.45) is 5.59. The van der Waals surface area contributed by atoms with Crippen LogP contribution in [0.4, 0.5) is 5.88 Å². The van der Waals surface area contributed by atoms with Crippen molar-refractivity contribution in [1.82, 2.24) is 4.98 Å². The standard InChI is InChI=1S/C11H15N3O/c1-2-11(5-3-4-6-11)10-14-8(7-12)9(13)15-10/h2-6,13H2,1H3. The summed E-state index contributed by atoms with van der Waals surface area (Å²) >= 11 is 0. The van der Waals surface area contributed by atoms with E-state index in [1.54, 1.807) is 0 Å². The van der Waals surface area contributed by atoms with Gasteiger partial charge in [-0.3, -0.25) is 0 Å². The molecule has 0 saturated heterocycles. The number of anilines is 1. The van der Waals surface area contributed by atoms with E-state index in [0.29, 0.717) is 5.89 Å². The highest BCUT2D eigenvalue weighted by molar-refractivity contribution is 5.41. The smallest absolute Gasteiger partial charge is 0.229 e. The van der Waals surface area contributed by atoms with Crippen LogP contribution in [0, 0.1) is 11.3 Å². The van der Waals surface area contributed by atoms with Crippen molar-refractivity contribution in [2.75, 3.05) is 5.73 Å². The van der Waals surface area contributed by atoms with Gasteiger partial charge >= 0.3 is 0 Å². The van der Waals surface area contributed by atoms with Crippen molar-refractivity contribution < 1.29 is 4.42 Å². The maximum atomic E-state index is 8.78. The summed E-state index contributed by atoms with van der Waals surface area (Å²) in [7, 11) is 0. The van der Waals surface area contributed by atoms with Gasteiger partial charge in [0.15, 0.2) is 0 Å². The van der Waals surface area contributed by atoms with Gasteiger partial charge < -0.3 is 10.2 Å². The van der Waals surface area contributed by atoms with Gasteiger partial charge in [0.2, 0.25) is 17.5 Å². The molecule has 0 amide bonds. The number of nitrogens with zero attached hydrogens (tertiary/aromatic N) is 2. The van der Waals surface area contributed by atoms with E-state index in [0.717, 1.165) is 19.3 Å². The van der Waals surface area contributed by atoms with Crippen molar-refractivity contribution in [3.8, 4) is 6.07 Å². The molecule has 2 rings (SSSR count). The number of hydrogen-bond donors (Lipinski definition) is 1. The molecule has 80 valence electrons. The largest absolute Gasteiger partial charge is 0.423 e. The van der Waals surface area contributed by atoms with E-state index in [1.165, 1.54) is 12.8 Å². The average Bonchev–Trinajstić information content (AvgIpc) is 2.84. The molecule has 0 unspecified atom stereocenters. The average molecular weight is 205 g/mol. The molecule has 1 heterocycles. The summed E-state index contributed by atoms with van der Waals surface area (Å²) in [6, 6.07) is 1.95. The molecule has 0 bridgehead atoms. The summed E-state index contributed by atoms with van der Waals surface area (Å²) in [6.45, 7) is 2.14. The van der Waals surface area contributed by atoms with E-state index >= 15 is 0 Å². The summed E-state index contributed by atoms with van der Waals surface area (Å²) in [5.74, 6) is 0.823. The van der Waals surface area contributed by atoms with Crippen LogP contribution >= 0.6 is 0 Å². The number of nitrogens with two attached hydrogens (primary N) is 1. The zero-order valence-electron chi connectivity index (χ0n) is 8.92. The number of rotatable bonds is 2. The van der Waals surface area contributed by atoms with Gasteiger partial charge in [-0.2, -0.15) is 10.2 Å². The first-order valence-corrected chi connectivity index (χ1v) is 5.39. The predicted molar refractivity (Wildman–Crippen MR) is 56.1 cm³/mol. The quantitative estimate of drug-likeness (QED) is 0.804. The SMILES string of the molecule is CCC1(c2nc(C#N)c(N)o2)CCCC1. The highest BCUT2D eigenvalue weighted by Crippen LogP contribution is 2.43. The number of nitrogen functional groups attached to an aromatic ring is 1. The van der Waals surface area contributed by atoms with Crippen molar-refractivity contribution in [3.05, 3.63) is 11.6 Å². The van der Waals surface area contributed by atoms with Gasteiger partial charge in [-0.15, -0.1) is 0 Å². The predicted octanol–water partition coefficient (Wildman–Crippen LogP) is 2.35. The molecular weight excluding hydrogens is 190 g/mol. The maximum absolute atomic E-state index is 8.78. The molecular formula is C11H15N3O. The van der Waals surface area contributed by atoms with Crippen LogP contribution in [-0.4, -0.2) is 4.98 Å². The van der Waals surface area contributed by atoms with Crippen LogP contribution in [0.3, 0.4) is 0 Å². The number of hydrogen-bond acceptors (Lipinski definition) is 4. The second-order valence-corrected chi connectivity index (χ2v) is 4.18. The highest BCUT2D eigenvalue weighted by Gasteiger charge is 2.38. The lowest BCUT2D eigenvalue weighted by atomic mass is 9.83. The molecule has 1 aliphatic carbocycles. The Morgan fingerprint density at radius 3 is 2.67 bits per heavy atom. The van der Waals surface area contributed by atoms with Gasteiger partial charge in [0, 0.05) is 5.41 Å². The lowest BCUT2D eigenvalue weighted by molar-refractivity contribution is 0.321. The van der Waals surface area contributed by atoms with Crippen molar-refractivity contribution in [2.24, 2.45) is 0 Å². The molecule has 1 aliphatic rings.